The lowest BCUT2D eigenvalue weighted by Crippen LogP contribution is -2.20. The first-order valence-corrected chi connectivity index (χ1v) is 5.19. The molecule has 0 aromatic rings. The molecule has 92 valence electrons. The topological polar surface area (TPSA) is 94.8 Å². The molecule has 0 aromatic heterocycles. The smallest absolute Gasteiger partial charge is 0.331 e. The van der Waals surface area contributed by atoms with Gasteiger partial charge >= 0.3 is 11.9 Å². The summed E-state index contributed by atoms with van der Waals surface area (Å²) >= 11 is 0. The van der Waals surface area contributed by atoms with Crippen molar-refractivity contribution in [3.05, 3.63) is 12.2 Å². The summed E-state index contributed by atoms with van der Waals surface area (Å²) in [6, 6.07) is 0. The number of aliphatic carboxylic acids is 2. The first kappa shape index (κ1) is 14.6. The summed E-state index contributed by atoms with van der Waals surface area (Å²) in [6.07, 6.45) is 1.66. The lowest BCUT2D eigenvalue weighted by atomic mass is 9.94. The van der Waals surface area contributed by atoms with Crippen molar-refractivity contribution in [2.24, 2.45) is 5.92 Å². The van der Waals surface area contributed by atoms with Gasteiger partial charge in [-0.2, -0.15) is 0 Å². The quantitative estimate of drug-likeness (QED) is 0.431. The maximum atomic E-state index is 10.8. The fourth-order valence-corrected chi connectivity index (χ4v) is 1.38. The van der Waals surface area contributed by atoms with E-state index in [2.05, 4.69) is 6.58 Å². The maximum Gasteiger partial charge on any atom is 0.331 e. The van der Waals surface area contributed by atoms with Gasteiger partial charge in [-0.15, -0.1) is 0 Å². The molecule has 0 heterocycles. The molecule has 0 radical (unpaired) electrons. The summed E-state index contributed by atoms with van der Waals surface area (Å²) in [6.45, 7) is 4.92. The van der Waals surface area contributed by atoms with Crippen LogP contribution in [0.5, 0.6) is 0 Å². The van der Waals surface area contributed by atoms with Crippen molar-refractivity contribution < 1.29 is 24.9 Å². The number of unbranched alkanes of at least 4 members (excludes halogenated alkanes) is 1. The van der Waals surface area contributed by atoms with E-state index >= 15 is 0 Å². The SMILES string of the molecule is C=C(C(=O)O)C(CCCCC(C)O)C(=O)O. The standard InChI is InChI=1S/C11H18O5/c1-7(12)5-3-4-6-9(11(15)16)8(2)10(13)14/h7,9,12H,2-6H2,1H3,(H,13,14)(H,15,16). The Hall–Kier alpha value is -1.36. The number of carbonyl (C=O) groups is 2. The van der Waals surface area contributed by atoms with E-state index in [0.29, 0.717) is 19.3 Å². The second kappa shape index (κ2) is 7.00. The van der Waals surface area contributed by atoms with Crippen molar-refractivity contribution in [2.75, 3.05) is 0 Å². The Morgan fingerprint density at radius 3 is 2.06 bits per heavy atom. The number of hydrogen-bond acceptors (Lipinski definition) is 3. The molecular formula is C11H18O5. The van der Waals surface area contributed by atoms with Gasteiger partial charge < -0.3 is 15.3 Å². The predicted octanol–water partition coefficient (Wildman–Crippen LogP) is 1.27. The first-order valence-electron chi connectivity index (χ1n) is 5.19. The van der Waals surface area contributed by atoms with Crippen LogP contribution in [0.15, 0.2) is 12.2 Å². The van der Waals surface area contributed by atoms with E-state index in [4.69, 9.17) is 15.3 Å². The van der Waals surface area contributed by atoms with Crippen LogP contribution in [0.3, 0.4) is 0 Å². The molecular weight excluding hydrogens is 212 g/mol. The molecule has 3 N–H and O–H groups in total. The van der Waals surface area contributed by atoms with E-state index in [1.165, 1.54) is 0 Å². The van der Waals surface area contributed by atoms with Crippen LogP contribution < -0.4 is 0 Å². The summed E-state index contributed by atoms with van der Waals surface area (Å²) in [5.41, 5.74) is -0.287. The number of carboxylic acids is 2. The molecule has 0 aliphatic carbocycles. The molecule has 0 bridgehead atoms. The second-order valence-electron chi connectivity index (χ2n) is 3.85. The van der Waals surface area contributed by atoms with Crippen LogP contribution in [0.2, 0.25) is 0 Å². The minimum absolute atomic E-state index is 0.243. The monoisotopic (exact) mass is 230 g/mol. The van der Waals surface area contributed by atoms with E-state index < -0.39 is 24.0 Å². The lowest BCUT2D eigenvalue weighted by molar-refractivity contribution is -0.144. The van der Waals surface area contributed by atoms with Crippen LogP contribution in [-0.2, 0) is 9.59 Å². The minimum atomic E-state index is -1.28. The first-order chi connectivity index (χ1) is 7.36. The van der Waals surface area contributed by atoms with Crippen LogP contribution in [0.25, 0.3) is 0 Å². The zero-order chi connectivity index (χ0) is 12.7. The molecule has 5 heteroatoms. The van der Waals surface area contributed by atoms with Crippen LogP contribution in [-0.4, -0.2) is 33.4 Å². The number of carboxylic acid groups (broad SMARTS) is 2. The van der Waals surface area contributed by atoms with E-state index in [1.807, 2.05) is 0 Å². The number of hydrogen-bond donors (Lipinski definition) is 3. The van der Waals surface area contributed by atoms with Gasteiger partial charge in [-0.05, 0) is 19.8 Å². The van der Waals surface area contributed by atoms with Crippen molar-refractivity contribution in [2.45, 2.75) is 38.7 Å². The third kappa shape index (κ3) is 5.50. The van der Waals surface area contributed by atoms with Crippen LogP contribution in [0.1, 0.15) is 32.6 Å². The average Bonchev–Trinajstić information content (AvgIpc) is 2.15. The third-order valence-electron chi connectivity index (χ3n) is 2.36. The van der Waals surface area contributed by atoms with Crippen LogP contribution >= 0.6 is 0 Å². The molecule has 0 spiro atoms. The van der Waals surface area contributed by atoms with Crippen molar-refractivity contribution in [1.29, 1.82) is 0 Å². The summed E-state index contributed by atoms with van der Waals surface area (Å²) < 4.78 is 0. The number of rotatable bonds is 8. The third-order valence-corrected chi connectivity index (χ3v) is 2.36. The Labute approximate surface area is 94.4 Å². The molecule has 0 rings (SSSR count). The normalized spacial score (nSPS) is 14.1. The maximum absolute atomic E-state index is 10.8. The van der Waals surface area contributed by atoms with Gasteiger partial charge in [-0.25, -0.2) is 4.79 Å². The van der Waals surface area contributed by atoms with E-state index in [-0.39, 0.29) is 12.0 Å². The highest BCUT2D eigenvalue weighted by Crippen LogP contribution is 2.18. The van der Waals surface area contributed by atoms with Gasteiger partial charge in [0, 0.05) is 5.57 Å². The van der Waals surface area contributed by atoms with Gasteiger partial charge in [0.2, 0.25) is 0 Å². The molecule has 0 saturated carbocycles. The molecule has 5 nitrogen and oxygen atoms in total. The summed E-state index contributed by atoms with van der Waals surface area (Å²) in [4.78, 5) is 21.4. The van der Waals surface area contributed by atoms with Crippen LogP contribution in [0, 0.1) is 5.92 Å². The van der Waals surface area contributed by atoms with Crippen molar-refractivity contribution in [3.8, 4) is 0 Å². The fraction of sp³-hybridized carbons (Fsp3) is 0.636. The number of aliphatic hydroxyl groups excluding tert-OH is 1. The Bertz CT molecular complexity index is 270. The summed E-state index contributed by atoms with van der Waals surface area (Å²) in [7, 11) is 0. The largest absolute Gasteiger partial charge is 0.481 e. The molecule has 2 unspecified atom stereocenters. The molecule has 0 aliphatic rings. The van der Waals surface area contributed by atoms with Crippen molar-refractivity contribution in [3.63, 3.8) is 0 Å². The van der Waals surface area contributed by atoms with Gasteiger partial charge in [-0.3, -0.25) is 4.79 Å². The highest BCUT2D eigenvalue weighted by atomic mass is 16.4. The average molecular weight is 230 g/mol. The highest BCUT2D eigenvalue weighted by Gasteiger charge is 2.24. The predicted molar refractivity (Wildman–Crippen MR) is 58.1 cm³/mol. The zero-order valence-corrected chi connectivity index (χ0v) is 9.35. The highest BCUT2D eigenvalue weighted by molar-refractivity contribution is 5.93. The summed E-state index contributed by atoms with van der Waals surface area (Å²) in [5.74, 6) is -3.47. The number of aliphatic hydroxyl groups is 1. The van der Waals surface area contributed by atoms with E-state index in [0.717, 1.165) is 0 Å². The minimum Gasteiger partial charge on any atom is -0.481 e. The lowest BCUT2D eigenvalue weighted by Gasteiger charge is -2.12. The molecule has 0 fully saturated rings. The Kier molecular flexibility index (Phi) is 6.41. The summed E-state index contributed by atoms with van der Waals surface area (Å²) in [5, 5.41) is 26.5. The fourth-order valence-electron chi connectivity index (χ4n) is 1.38. The molecule has 0 amide bonds. The zero-order valence-electron chi connectivity index (χ0n) is 9.35. The van der Waals surface area contributed by atoms with Gasteiger partial charge in [0.15, 0.2) is 0 Å². The molecule has 0 aliphatic heterocycles. The van der Waals surface area contributed by atoms with E-state index in [1.54, 1.807) is 6.92 Å². The Morgan fingerprint density at radius 1 is 1.19 bits per heavy atom. The molecule has 16 heavy (non-hydrogen) atoms. The second-order valence-corrected chi connectivity index (χ2v) is 3.85. The molecule has 2 atom stereocenters. The molecule has 0 saturated heterocycles. The van der Waals surface area contributed by atoms with Crippen molar-refractivity contribution in [1.82, 2.24) is 0 Å². The van der Waals surface area contributed by atoms with Gasteiger partial charge in [0.1, 0.15) is 0 Å². The van der Waals surface area contributed by atoms with Gasteiger partial charge in [0.25, 0.3) is 0 Å². The van der Waals surface area contributed by atoms with Crippen LogP contribution in [0.4, 0.5) is 0 Å². The Morgan fingerprint density at radius 2 is 1.69 bits per heavy atom. The molecule has 0 aromatic carbocycles. The van der Waals surface area contributed by atoms with E-state index in [9.17, 15) is 9.59 Å². The van der Waals surface area contributed by atoms with Gasteiger partial charge in [-0.1, -0.05) is 19.4 Å². The Balaban J connectivity index is 4.11. The van der Waals surface area contributed by atoms with Gasteiger partial charge in [0.05, 0.1) is 12.0 Å². The van der Waals surface area contributed by atoms with Crippen molar-refractivity contribution >= 4 is 11.9 Å².